The van der Waals surface area contributed by atoms with Crippen LogP contribution in [0.3, 0.4) is 0 Å². The molecule has 3 aromatic carbocycles. The highest BCUT2D eigenvalue weighted by Gasteiger charge is 2.30. The minimum atomic E-state index is -1.23. The Morgan fingerprint density at radius 1 is 1.00 bits per heavy atom. The van der Waals surface area contributed by atoms with Crippen LogP contribution in [0.1, 0.15) is 60.6 Å². The van der Waals surface area contributed by atoms with Gasteiger partial charge in [-0.3, -0.25) is 20.0 Å². The normalized spacial score (nSPS) is 16.6. The molecule has 0 unspecified atom stereocenters. The zero-order valence-electron chi connectivity index (χ0n) is 31.7. The number of carboxylic acids is 1. The number of carboxylic acid groups (broad SMARTS) is 1. The number of rotatable bonds is 15. The number of pyridine rings is 2. The number of aromatic nitrogens is 2. The Kier molecular flexibility index (Phi) is 12.3. The predicted octanol–water partition coefficient (Wildman–Crippen LogP) is 8.03. The molecule has 5 aromatic rings. The molecule has 11 nitrogen and oxygen atoms in total. The summed E-state index contributed by atoms with van der Waals surface area (Å²) in [5.74, 6) is 0.162. The molecule has 3 heterocycles. The van der Waals surface area contributed by atoms with Crippen molar-refractivity contribution in [3.05, 3.63) is 123 Å². The quantitative estimate of drug-likeness (QED) is 0.0944. The number of nitriles is 1. The van der Waals surface area contributed by atoms with Gasteiger partial charge in [-0.1, -0.05) is 71.7 Å². The van der Waals surface area contributed by atoms with Crippen LogP contribution in [0.15, 0.2) is 85.2 Å². The smallest absolute Gasteiger partial charge is 0.323 e. The van der Waals surface area contributed by atoms with Gasteiger partial charge < -0.3 is 24.4 Å². The molecule has 294 valence electrons. The number of aliphatic hydroxyl groups is 1. The third-order valence-electron chi connectivity index (χ3n) is 10.4. The van der Waals surface area contributed by atoms with Gasteiger partial charge in [0.2, 0.25) is 11.8 Å². The summed E-state index contributed by atoms with van der Waals surface area (Å²) in [6.45, 7) is 6.21. The number of nitrogens with one attached hydrogen (secondary N) is 1. The van der Waals surface area contributed by atoms with Crippen LogP contribution >= 0.6 is 23.2 Å². The molecule has 2 aliphatic rings. The predicted molar refractivity (Wildman–Crippen MR) is 218 cm³/mol. The molecule has 1 saturated heterocycles. The lowest BCUT2D eigenvalue weighted by Gasteiger charge is -2.23. The topological polar surface area (TPSA) is 150 Å². The maximum atomic E-state index is 11.8. The average Bonchev–Trinajstić information content (AvgIpc) is 3.83. The van der Waals surface area contributed by atoms with E-state index in [1.54, 1.807) is 32.2 Å². The first kappa shape index (κ1) is 40.0. The van der Waals surface area contributed by atoms with E-state index < -0.39 is 11.5 Å². The van der Waals surface area contributed by atoms with Crippen LogP contribution in [-0.4, -0.2) is 68.9 Å². The monoisotopic (exact) mass is 807 g/mol. The van der Waals surface area contributed by atoms with Crippen LogP contribution in [0.25, 0.3) is 22.3 Å². The van der Waals surface area contributed by atoms with Crippen molar-refractivity contribution in [2.24, 2.45) is 0 Å². The number of halogens is 2. The van der Waals surface area contributed by atoms with Crippen LogP contribution in [0.5, 0.6) is 17.5 Å². The van der Waals surface area contributed by atoms with E-state index in [-0.39, 0.29) is 42.1 Å². The number of benzene rings is 3. The van der Waals surface area contributed by atoms with Gasteiger partial charge in [-0.15, -0.1) is 0 Å². The first-order chi connectivity index (χ1) is 27.5. The number of aliphatic carboxylic acids is 1. The van der Waals surface area contributed by atoms with E-state index in [2.05, 4.69) is 27.3 Å². The number of nitrogens with zero attached hydrogens (tertiary/aromatic N) is 4. The summed E-state index contributed by atoms with van der Waals surface area (Å²) in [5.41, 5.74) is 6.34. The molecule has 2 atom stereocenters. The van der Waals surface area contributed by atoms with E-state index in [1.165, 1.54) is 6.20 Å². The van der Waals surface area contributed by atoms with Gasteiger partial charge in [0.1, 0.15) is 41.7 Å². The van der Waals surface area contributed by atoms with Crippen molar-refractivity contribution < 1.29 is 29.2 Å². The van der Waals surface area contributed by atoms with Crippen molar-refractivity contribution in [3.63, 3.8) is 0 Å². The molecule has 1 fully saturated rings. The van der Waals surface area contributed by atoms with Gasteiger partial charge in [0, 0.05) is 60.8 Å². The molecule has 7 rings (SSSR count). The Bertz CT molecular complexity index is 2300. The van der Waals surface area contributed by atoms with Gasteiger partial charge in [-0.2, -0.15) is 10.2 Å². The Balaban J connectivity index is 1.10. The fourth-order valence-corrected chi connectivity index (χ4v) is 7.68. The van der Waals surface area contributed by atoms with Crippen molar-refractivity contribution in [1.82, 2.24) is 20.2 Å². The largest absolute Gasteiger partial charge is 0.492 e. The average molecular weight is 809 g/mol. The molecule has 0 bridgehead atoms. The van der Waals surface area contributed by atoms with Crippen LogP contribution < -0.4 is 19.5 Å². The van der Waals surface area contributed by atoms with E-state index in [4.69, 9.17) is 42.4 Å². The van der Waals surface area contributed by atoms with Gasteiger partial charge in [0.05, 0.1) is 16.7 Å². The summed E-state index contributed by atoms with van der Waals surface area (Å²) in [5, 5.41) is 32.7. The zero-order valence-corrected chi connectivity index (χ0v) is 33.2. The summed E-state index contributed by atoms with van der Waals surface area (Å²) in [7, 11) is 0. The summed E-state index contributed by atoms with van der Waals surface area (Å²) in [4.78, 5) is 22.8. The van der Waals surface area contributed by atoms with Crippen LogP contribution in [0, 0.1) is 11.3 Å². The molecule has 1 aliphatic heterocycles. The van der Waals surface area contributed by atoms with Crippen molar-refractivity contribution in [3.8, 4) is 45.8 Å². The number of hydrogen-bond donors (Lipinski definition) is 3. The highest BCUT2D eigenvalue weighted by Crippen LogP contribution is 2.45. The molecule has 0 radical (unpaired) electrons. The Morgan fingerprint density at radius 3 is 2.53 bits per heavy atom. The van der Waals surface area contributed by atoms with E-state index in [0.29, 0.717) is 41.3 Å². The standard InChI is InChI=1S/C44H43Cl2N5O6/c1-44(2,43(53)54)49-24-30-20-38(45)42(50-41(30)56-26-28-19-27(21-47)22-48-23-28)57-39-14-13-35-34(6-4-7-36(35)39)37-8-3-5-33(40(37)46)29-9-11-32(12-10-29)55-18-17-51-16-15-31(52)25-51/h3-12,19-20,22-23,31,39,49,52H,13-18,24-26H2,1-2H3,(H,53,54)/t31-,39+/m1/s1. The Labute approximate surface area is 341 Å². The van der Waals surface area contributed by atoms with Crippen molar-refractivity contribution in [2.75, 3.05) is 26.2 Å². The highest BCUT2D eigenvalue weighted by molar-refractivity contribution is 6.36. The molecule has 0 amide bonds. The van der Waals surface area contributed by atoms with Gasteiger partial charge in [-0.25, -0.2) is 0 Å². The maximum Gasteiger partial charge on any atom is 0.323 e. The second kappa shape index (κ2) is 17.5. The molecular weight excluding hydrogens is 765 g/mol. The maximum absolute atomic E-state index is 11.8. The molecule has 2 aromatic heterocycles. The number of likely N-dealkylation sites (tertiary alicyclic amines) is 1. The number of aliphatic hydroxyl groups excluding tert-OH is 1. The van der Waals surface area contributed by atoms with Crippen molar-refractivity contribution in [2.45, 2.75) is 64.0 Å². The Morgan fingerprint density at radius 2 is 1.77 bits per heavy atom. The summed E-state index contributed by atoms with van der Waals surface area (Å²) >= 11 is 14.0. The third-order valence-corrected chi connectivity index (χ3v) is 11.1. The fourth-order valence-electron chi connectivity index (χ4n) is 7.13. The molecule has 3 N–H and O–H groups in total. The van der Waals surface area contributed by atoms with Crippen LogP contribution in [0.2, 0.25) is 10.0 Å². The minimum Gasteiger partial charge on any atom is -0.492 e. The van der Waals surface area contributed by atoms with E-state index in [9.17, 15) is 20.3 Å². The fraction of sp³-hybridized carbons (Fsp3) is 0.318. The first-order valence-corrected chi connectivity index (χ1v) is 19.6. The Hall–Kier alpha value is -5.22. The van der Waals surface area contributed by atoms with Crippen molar-refractivity contribution in [1.29, 1.82) is 5.26 Å². The molecule has 13 heteroatoms. The summed E-state index contributed by atoms with van der Waals surface area (Å²) < 4.78 is 18.7. The number of ether oxygens (including phenoxy) is 3. The SMILES string of the molecule is CC(C)(NCc1cc(Cl)c(O[C@H]2CCc3c(-c4cccc(-c5ccc(OCCN6CC[C@@H](O)C6)cc5)c4Cl)cccc32)nc1OCc1cncc(C#N)c1)C(=O)O. The van der Waals surface area contributed by atoms with Gasteiger partial charge >= 0.3 is 5.97 Å². The molecule has 0 spiro atoms. The van der Waals surface area contributed by atoms with Gasteiger partial charge in [0.15, 0.2) is 0 Å². The van der Waals surface area contributed by atoms with Gasteiger partial charge in [-0.05, 0) is 79.6 Å². The number of carbonyl (C=O) groups is 1. The third kappa shape index (κ3) is 9.33. The molecule has 57 heavy (non-hydrogen) atoms. The van der Waals surface area contributed by atoms with Crippen LogP contribution in [-0.2, 0) is 24.4 Å². The zero-order chi connectivity index (χ0) is 40.1. The summed E-state index contributed by atoms with van der Waals surface area (Å²) in [6, 6.07) is 25.6. The molecule has 0 saturated carbocycles. The second-order valence-electron chi connectivity index (χ2n) is 14.8. The minimum absolute atomic E-state index is 0.0601. The molecule has 1 aliphatic carbocycles. The highest BCUT2D eigenvalue weighted by atomic mass is 35.5. The number of fused-ring (bicyclic) bond motifs is 1. The van der Waals surface area contributed by atoms with Crippen molar-refractivity contribution >= 4 is 29.2 Å². The van der Waals surface area contributed by atoms with Gasteiger partial charge in [0.25, 0.3) is 0 Å². The number of β-amino-alcohol motifs (C(OH)–C–C–N with tert-alkyl or cyclic N) is 1. The number of hydrogen-bond acceptors (Lipinski definition) is 10. The summed E-state index contributed by atoms with van der Waals surface area (Å²) in [6.07, 6.45) is 4.71. The second-order valence-corrected chi connectivity index (χ2v) is 15.6. The first-order valence-electron chi connectivity index (χ1n) is 18.8. The lowest BCUT2D eigenvalue weighted by Crippen LogP contribution is -2.46. The van der Waals surface area contributed by atoms with E-state index >= 15 is 0 Å². The molecular formula is C44H43Cl2N5O6. The lowest BCUT2D eigenvalue weighted by atomic mass is 9.94. The van der Waals surface area contributed by atoms with E-state index in [0.717, 1.165) is 65.1 Å². The van der Waals surface area contributed by atoms with E-state index in [1.807, 2.05) is 54.6 Å². The lowest BCUT2D eigenvalue weighted by molar-refractivity contribution is -0.143. The van der Waals surface area contributed by atoms with Crippen LogP contribution in [0.4, 0.5) is 0 Å².